The molecular weight excluding hydrogens is 282 g/mol. The molecular formula is C15H15N5O2. The molecule has 4 heterocycles. The lowest BCUT2D eigenvalue weighted by molar-refractivity contribution is 0.198. The van der Waals surface area contributed by atoms with E-state index in [0.29, 0.717) is 30.4 Å². The maximum Gasteiger partial charge on any atom is 0.238 e. The number of fused-ring (bicyclic) bond motifs is 1. The summed E-state index contributed by atoms with van der Waals surface area (Å²) in [5, 5.41) is 19.6. The summed E-state index contributed by atoms with van der Waals surface area (Å²) in [4.78, 5) is 17.6. The summed E-state index contributed by atoms with van der Waals surface area (Å²) in [5.41, 5.74) is 2.32. The van der Waals surface area contributed by atoms with Crippen molar-refractivity contribution < 1.29 is 10.2 Å². The number of anilines is 1. The predicted octanol–water partition coefficient (Wildman–Crippen LogP) is 1.34. The molecule has 1 unspecified atom stereocenters. The third kappa shape index (κ3) is 2.15. The standard InChI is InChI=1S/C15H15N5O2/c21-10-3-5-20(8-10)15-18-12(14(22)19-15)6-9-7-17-13-11(9)2-1-4-16-13/h1-2,4,6-7,10,21-22H,3,5,8H2,(H,18,19). The first-order valence-electron chi connectivity index (χ1n) is 7.14. The molecule has 0 spiro atoms. The number of allylic oxidation sites excluding steroid dienone is 1. The van der Waals surface area contributed by atoms with Gasteiger partial charge >= 0.3 is 0 Å². The Morgan fingerprint density at radius 1 is 1.41 bits per heavy atom. The van der Waals surface area contributed by atoms with Gasteiger partial charge in [-0.05, 0) is 24.6 Å². The molecule has 3 N–H and O–H groups in total. The minimum Gasteiger partial charge on any atom is -0.492 e. The Hall–Kier alpha value is -2.67. The largest absolute Gasteiger partial charge is 0.492 e. The van der Waals surface area contributed by atoms with Crippen LogP contribution < -0.4 is 4.90 Å². The van der Waals surface area contributed by atoms with Gasteiger partial charge in [0.25, 0.3) is 0 Å². The molecule has 2 aliphatic heterocycles. The monoisotopic (exact) mass is 297 g/mol. The van der Waals surface area contributed by atoms with Crippen molar-refractivity contribution in [2.75, 3.05) is 18.0 Å². The Morgan fingerprint density at radius 3 is 3.14 bits per heavy atom. The number of aromatic nitrogens is 3. The van der Waals surface area contributed by atoms with Crippen LogP contribution in [0.2, 0.25) is 0 Å². The Labute approximate surface area is 126 Å². The molecule has 7 heteroatoms. The lowest BCUT2D eigenvalue weighted by Gasteiger charge is -2.12. The SMILES string of the molecule is Oc1nc(N2CCC(O)C2)[nH]c1C=C1C=Nc2ncccc21. The Balaban J connectivity index is 1.66. The number of aromatic hydroxyl groups is 1. The van der Waals surface area contributed by atoms with Crippen LogP contribution in [-0.4, -0.2) is 50.6 Å². The minimum atomic E-state index is -0.339. The Bertz CT molecular complexity index is 780. The zero-order valence-electron chi connectivity index (χ0n) is 11.8. The van der Waals surface area contributed by atoms with Crippen molar-refractivity contribution in [3.63, 3.8) is 0 Å². The maximum absolute atomic E-state index is 10.0. The molecule has 22 heavy (non-hydrogen) atoms. The molecule has 0 amide bonds. The molecule has 0 radical (unpaired) electrons. The topological polar surface area (TPSA) is 97.6 Å². The number of hydrogen-bond donors (Lipinski definition) is 3. The van der Waals surface area contributed by atoms with Crippen molar-refractivity contribution in [2.45, 2.75) is 12.5 Å². The lowest BCUT2D eigenvalue weighted by Crippen LogP contribution is -2.22. The van der Waals surface area contributed by atoms with Gasteiger partial charge in [-0.25, -0.2) is 9.98 Å². The molecule has 1 saturated heterocycles. The number of aliphatic hydroxyl groups is 1. The average Bonchev–Trinajstić information content (AvgIpc) is 3.20. The minimum absolute atomic E-state index is 0.0605. The van der Waals surface area contributed by atoms with Crippen LogP contribution >= 0.6 is 0 Å². The number of β-amino-alcohol motifs (C(OH)–C–C–N with tert-alkyl or cyclic N) is 1. The van der Waals surface area contributed by atoms with Crippen LogP contribution in [0.5, 0.6) is 5.88 Å². The highest BCUT2D eigenvalue weighted by Gasteiger charge is 2.24. The summed E-state index contributed by atoms with van der Waals surface area (Å²) >= 11 is 0. The number of pyridine rings is 1. The molecule has 0 bridgehead atoms. The van der Waals surface area contributed by atoms with E-state index in [0.717, 1.165) is 17.7 Å². The quantitative estimate of drug-likeness (QED) is 0.777. The lowest BCUT2D eigenvalue weighted by atomic mass is 10.1. The van der Waals surface area contributed by atoms with Gasteiger partial charge in [0.05, 0.1) is 6.10 Å². The van der Waals surface area contributed by atoms with Crippen LogP contribution in [-0.2, 0) is 0 Å². The highest BCUT2D eigenvalue weighted by Crippen LogP contribution is 2.32. The van der Waals surface area contributed by atoms with Crippen LogP contribution in [0.3, 0.4) is 0 Å². The maximum atomic E-state index is 10.0. The second-order valence-corrected chi connectivity index (χ2v) is 5.42. The third-order valence-electron chi connectivity index (χ3n) is 3.89. The van der Waals surface area contributed by atoms with E-state index in [4.69, 9.17) is 0 Å². The zero-order valence-corrected chi connectivity index (χ0v) is 11.8. The first kappa shape index (κ1) is 13.0. The van der Waals surface area contributed by atoms with Gasteiger partial charge in [-0.15, -0.1) is 0 Å². The van der Waals surface area contributed by atoms with E-state index in [1.165, 1.54) is 0 Å². The molecule has 0 aliphatic carbocycles. The highest BCUT2D eigenvalue weighted by atomic mass is 16.3. The normalized spacial score (nSPS) is 21.8. The van der Waals surface area contributed by atoms with Gasteiger partial charge in [-0.2, -0.15) is 4.98 Å². The molecule has 1 atom stereocenters. The third-order valence-corrected chi connectivity index (χ3v) is 3.89. The van der Waals surface area contributed by atoms with E-state index >= 15 is 0 Å². The second kappa shape index (κ2) is 4.96. The van der Waals surface area contributed by atoms with Gasteiger partial charge in [0.2, 0.25) is 11.8 Å². The second-order valence-electron chi connectivity index (χ2n) is 5.42. The fraction of sp³-hybridized carbons (Fsp3) is 0.267. The molecule has 2 aromatic rings. The fourth-order valence-corrected chi connectivity index (χ4v) is 2.75. The van der Waals surface area contributed by atoms with Crippen LogP contribution in [0.25, 0.3) is 11.6 Å². The Kier molecular flexibility index (Phi) is 2.93. The summed E-state index contributed by atoms with van der Waals surface area (Å²) in [5.74, 6) is 1.19. The predicted molar refractivity (Wildman–Crippen MR) is 83.3 cm³/mol. The molecule has 1 fully saturated rings. The summed E-state index contributed by atoms with van der Waals surface area (Å²) in [6.07, 6.45) is 5.59. The van der Waals surface area contributed by atoms with Crippen molar-refractivity contribution >= 4 is 29.6 Å². The van der Waals surface area contributed by atoms with Crippen molar-refractivity contribution in [3.05, 3.63) is 29.6 Å². The zero-order chi connectivity index (χ0) is 15.1. The van der Waals surface area contributed by atoms with E-state index < -0.39 is 0 Å². The molecule has 2 aromatic heterocycles. The number of aliphatic hydroxyl groups excluding tert-OH is 1. The van der Waals surface area contributed by atoms with Crippen LogP contribution in [0.15, 0.2) is 23.3 Å². The number of nitrogens with one attached hydrogen (secondary N) is 1. The molecule has 0 aromatic carbocycles. The average molecular weight is 297 g/mol. The van der Waals surface area contributed by atoms with E-state index in [2.05, 4.69) is 19.9 Å². The first-order chi connectivity index (χ1) is 10.7. The number of hydrogen-bond acceptors (Lipinski definition) is 6. The van der Waals surface area contributed by atoms with E-state index in [1.54, 1.807) is 18.5 Å². The summed E-state index contributed by atoms with van der Waals surface area (Å²) in [6.45, 7) is 1.25. The van der Waals surface area contributed by atoms with Crippen molar-refractivity contribution in [1.82, 2.24) is 15.0 Å². The molecule has 4 rings (SSSR count). The molecule has 112 valence electrons. The van der Waals surface area contributed by atoms with Crippen LogP contribution in [0.1, 0.15) is 17.7 Å². The summed E-state index contributed by atoms with van der Waals surface area (Å²) < 4.78 is 0. The van der Waals surface area contributed by atoms with Crippen molar-refractivity contribution in [3.8, 4) is 5.88 Å². The number of aromatic amines is 1. The van der Waals surface area contributed by atoms with Gasteiger partial charge in [0.1, 0.15) is 5.69 Å². The van der Waals surface area contributed by atoms with Gasteiger partial charge in [-0.3, -0.25) is 0 Å². The summed E-state index contributed by atoms with van der Waals surface area (Å²) in [7, 11) is 0. The number of H-pyrrole nitrogens is 1. The number of aliphatic imine (C=N–C) groups is 1. The number of nitrogens with zero attached hydrogens (tertiary/aromatic N) is 4. The van der Waals surface area contributed by atoms with E-state index in [-0.39, 0.29) is 12.0 Å². The fourth-order valence-electron chi connectivity index (χ4n) is 2.75. The van der Waals surface area contributed by atoms with Gasteiger partial charge in [-0.1, -0.05) is 0 Å². The molecule has 7 nitrogen and oxygen atoms in total. The highest BCUT2D eigenvalue weighted by molar-refractivity contribution is 6.20. The first-order valence-corrected chi connectivity index (χ1v) is 7.14. The Morgan fingerprint density at radius 2 is 2.32 bits per heavy atom. The smallest absolute Gasteiger partial charge is 0.238 e. The number of imidazole rings is 1. The van der Waals surface area contributed by atoms with Crippen molar-refractivity contribution in [1.29, 1.82) is 0 Å². The van der Waals surface area contributed by atoms with E-state index in [1.807, 2.05) is 17.0 Å². The van der Waals surface area contributed by atoms with Crippen molar-refractivity contribution in [2.24, 2.45) is 4.99 Å². The molecule has 2 aliphatic rings. The molecule has 0 saturated carbocycles. The van der Waals surface area contributed by atoms with Crippen LogP contribution in [0.4, 0.5) is 11.8 Å². The summed E-state index contributed by atoms with van der Waals surface area (Å²) in [6, 6.07) is 3.79. The van der Waals surface area contributed by atoms with Crippen LogP contribution in [0, 0.1) is 0 Å². The van der Waals surface area contributed by atoms with Gasteiger partial charge in [0.15, 0.2) is 5.82 Å². The van der Waals surface area contributed by atoms with Gasteiger partial charge < -0.3 is 20.1 Å². The number of rotatable bonds is 2. The van der Waals surface area contributed by atoms with E-state index in [9.17, 15) is 10.2 Å². The van der Waals surface area contributed by atoms with Gasteiger partial charge in [0, 0.05) is 36.6 Å².